The average Bonchev–Trinajstić information content (AvgIpc) is 2.28. The van der Waals surface area contributed by atoms with E-state index in [0.717, 1.165) is 18.4 Å². The standard InChI is InChI=1S/C13H19ClFN/c1-2-3-4-5-6-13(16)10-7-8-12(15)11(14)9-10/h7-9,13H,2-6,16H2,1H3. The molecule has 16 heavy (non-hydrogen) atoms. The summed E-state index contributed by atoms with van der Waals surface area (Å²) >= 11 is 5.71. The predicted octanol–water partition coefficient (Wildman–Crippen LogP) is 4.45. The summed E-state index contributed by atoms with van der Waals surface area (Å²) < 4.78 is 12.9. The van der Waals surface area contributed by atoms with Gasteiger partial charge in [0, 0.05) is 6.04 Å². The number of benzene rings is 1. The van der Waals surface area contributed by atoms with Gasteiger partial charge in [-0.3, -0.25) is 0 Å². The van der Waals surface area contributed by atoms with E-state index < -0.39 is 0 Å². The molecular formula is C13H19ClFN. The molecular weight excluding hydrogens is 225 g/mol. The molecule has 0 saturated heterocycles. The van der Waals surface area contributed by atoms with E-state index in [-0.39, 0.29) is 16.9 Å². The van der Waals surface area contributed by atoms with Crippen molar-refractivity contribution in [1.82, 2.24) is 0 Å². The van der Waals surface area contributed by atoms with Crippen LogP contribution in [-0.2, 0) is 0 Å². The second-order valence-corrected chi connectivity index (χ2v) is 4.54. The Bertz CT molecular complexity index is 328. The van der Waals surface area contributed by atoms with Gasteiger partial charge in [-0.25, -0.2) is 4.39 Å². The van der Waals surface area contributed by atoms with E-state index in [9.17, 15) is 4.39 Å². The summed E-state index contributed by atoms with van der Waals surface area (Å²) in [5, 5.41) is 0.154. The van der Waals surface area contributed by atoms with Gasteiger partial charge in [0.2, 0.25) is 0 Å². The normalized spacial score (nSPS) is 12.8. The molecule has 3 heteroatoms. The first-order valence-corrected chi connectivity index (χ1v) is 6.23. The summed E-state index contributed by atoms with van der Waals surface area (Å²) in [6.45, 7) is 2.18. The molecule has 1 nitrogen and oxygen atoms in total. The highest BCUT2D eigenvalue weighted by Gasteiger charge is 2.08. The first-order valence-electron chi connectivity index (χ1n) is 5.85. The van der Waals surface area contributed by atoms with Gasteiger partial charge in [-0.2, -0.15) is 0 Å². The van der Waals surface area contributed by atoms with Gasteiger partial charge >= 0.3 is 0 Å². The molecule has 0 amide bonds. The van der Waals surface area contributed by atoms with E-state index in [1.54, 1.807) is 12.1 Å². The van der Waals surface area contributed by atoms with Crippen molar-refractivity contribution in [2.75, 3.05) is 0 Å². The minimum Gasteiger partial charge on any atom is -0.324 e. The smallest absolute Gasteiger partial charge is 0.141 e. The topological polar surface area (TPSA) is 26.0 Å². The van der Waals surface area contributed by atoms with Crippen molar-refractivity contribution in [3.8, 4) is 0 Å². The monoisotopic (exact) mass is 243 g/mol. The molecule has 1 aromatic rings. The Kier molecular flexibility index (Phi) is 5.78. The molecule has 0 aliphatic carbocycles. The second-order valence-electron chi connectivity index (χ2n) is 4.13. The fourth-order valence-corrected chi connectivity index (χ4v) is 1.89. The molecule has 1 aromatic carbocycles. The van der Waals surface area contributed by atoms with Crippen LogP contribution in [0.5, 0.6) is 0 Å². The van der Waals surface area contributed by atoms with E-state index in [4.69, 9.17) is 17.3 Å². The van der Waals surface area contributed by atoms with E-state index in [0.29, 0.717) is 0 Å². The summed E-state index contributed by atoms with van der Waals surface area (Å²) in [6.07, 6.45) is 5.72. The van der Waals surface area contributed by atoms with Crippen molar-refractivity contribution in [2.24, 2.45) is 5.73 Å². The lowest BCUT2D eigenvalue weighted by molar-refractivity contribution is 0.564. The molecule has 0 aliphatic rings. The summed E-state index contributed by atoms with van der Waals surface area (Å²) in [7, 11) is 0. The highest BCUT2D eigenvalue weighted by atomic mass is 35.5. The Labute approximate surface area is 102 Å². The van der Waals surface area contributed by atoms with Gasteiger partial charge in [-0.1, -0.05) is 50.3 Å². The van der Waals surface area contributed by atoms with Gasteiger partial charge in [0.05, 0.1) is 5.02 Å². The van der Waals surface area contributed by atoms with Crippen molar-refractivity contribution < 1.29 is 4.39 Å². The van der Waals surface area contributed by atoms with E-state index >= 15 is 0 Å². The zero-order valence-corrected chi connectivity index (χ0v) is 10.4. The fraction of sp³-hybridized carbons (Fsp3) is 0.538. The van der Waals surface area contributed by atoms with Crippen molar-refractivity contribution in [3.63, 3.8) is 0 Å². The molecule has 0 bridgehead atoms. The predicted molar refractivity (Wildman–Crippen MR) is 67.1 cm³/mol. The van der Waals surface area contributed by atoms with E-state index in [2.05, 4.69) is 6.92 Å². The van der Waals surface area contributed by atoms with Crippen molar-refractivity contribution >= 4 is 11.6 Å². The number of rotatable bonds is 6. The Morgan fingerprint density at radius 2 is 2.06 bits per heavy atom. The zero-order valence-electron chi connectivity index (χ0n) is 9.68. The van der Waals surface area contributed by atoms with Gasteiger partial charge in [0.15, 0.2) is 0 Å². The van der Waals surface area contributed by atoms with Crippen LogP contribution in [0.3, 0.4) is 0 Å². The lowest BCUT2D eigenvalue weighted by atomic mass is 10.0. The largest absolute Gasteiger partial charge is 0.324 e. The Balaban J connectivity index is 2.46. The van der Waals surface area contributed by atoms with Crippen LogP contribution in [0.2, 0.25) is 5.02 Å². The quantitative estimate of drug-likeness (QED) is 0.734. The average molecular weight is 244 g/mol. The molecule has 0 spiro atoms. The molecule has 0 saturated carbocycles. The van der Waals surface area contributed by atoms with E-state index in [1.165, 1.54) is 25.3 Å². The lowest BCUT2D eigenvalue weighted by Crippen LogP contribution is -2.10. The van der Waals surface area contributed by atoms with Crippen molar-refractivity contribution in [1.29, 1.82) is 0 Å². The van der Waals surface area contributed by atoms with Gasteiger partial charge in [-0.15, -0.1) is 0 Å². The van der Waals surface area contributed by atoms with Gasteiger partial charge in [-0.05, 0) is 24.1 Å². The summed E-state index contributed by atoms with van der Waals surface area (Å²) in [5.74, 6) is -0.386. The van der Waals surface area contributed by atoms with Crippen molar-refractivity contribution in [2.45, 2.75) is 45.1 Å². The Hall–Kier alpha value is -0.600. The molecule has 1 atom stereocenters. The number of hydrogen-bond acceptors (Lipinski definition) is 1. The first-order chi connectivity index (χ1) is 7.65. The van der Waals surface area contributed by atoms with Crippen molar-refractivity contribution in [3.05, 3.63) is 34.6 Å². The third-order valence-corrected chi connectivity index (χ3v) is 3.03. The Morgan fingerprint density at radius 3 is 2.69 bits per heavy atom. The van der Waals surface area contributed by atoms with E-state index in [1.807, 2.05) is 0 Å². The third-order valence-electron chi connectivity index (χ3n) is 2.74. The SMILES string of the molecule is CCCCCCC(N)c1ccc(F)c(Cl)c1. The summed E-state index contributed by atoms with van der Waals surface area (Å²) in [4.78, 5) is 0. The van der Waals surface area contributed by atoms with Crippen LogP contribution in [0.4, 0.5) is 4.39 Å². The molecule has 0 radical (unpaired) electrons. The number of hydrogen-bond donors (Lipinski definition) is 1. The zero-order chi connectivity index (χ0) is 12.0. The molecule has 1 rings (SSSR count). The van der Waals surface area contributed by atoms with Crippen LogP contribution in [-0.4, -0.2) is 0 Å². The Morgan fingerprint density at radius 1 is 1.31 bits per heavy atom. The molecule has 0 fully saturated rings. The number of unbranched alkanes of at least 4 members (excludes halogenated alkanes) is 3. The maximum atomic E-state index is 12.9. The molecule has 90 valence electrons. The first kappa shape index (κ1) is 13.5. The van der Waals surface area contributed by atoms with Crippen LogP contribution in [0.15, 0.2) is 18.2 Å². The van der Waals surface area contributed by atoms with Crippen LogP contribution < -0.4 is 5.73 Å². The van der Waals surface area contributed by atoms with Crippen LogP contribution in [0.1, 0.15) is 50.6 Å². The van der Waals surface area contributed by atoms with Gasteiger partial charge < -0.3 is 5.73 Å². The summed E-state index contributed by atoms with van der Waals surface area (Å²) in [5.41, 5.74) is 6.93. The summed E-state index contributed by atoms with van der Waals surface area (Å²) in [6, 6.07) is 4.69. The van der Waals surface area contributed by atoms with Gasteiger partial charge in [0.1, 0.15) is 5.82 Å². The maximum absolute atomic E-state index is 12.9. The van der Waals surface area contributed by atoms with Gasteiger partial charge in [0.25, 0.3) is 0 Å². The second kappa shape index (κ2) is 6.87. The maximum Gasteiger partial charge on any atom is 0.141 e. The highest BCUT2D eigenvalue weighted by Crippen LogP contribution is 2.22. The lowest BCUT2D eigenvalue weighted by Gasteiger charge is -2.12. The minimum atomic E-state index is -0.386. The van der Waals surface area contributed by atoms with Crippen LogP contribution >= 0.6 is 11.6 Å². The molecule has 1 unspecified atom stereocenters. The number of nitrogens with two attached hydrogens (primary N) is 1. The molecule has 0 aromatic heterocycles. The molecule has 2 N–H and O–H groups in total. The molecule has 0 aliphatic heterocycles. The fourth-order valence-electron chi connectivity index (χ4n) is 1.70. The van der Waals surface area contributed by atoms with Crippen LogP contribution in [0, 0.1) is 5.82 Å². The number of halogens is 2. The molecule has 0 heterocycles. The minimum absolute atomic E-state index is 0.0324. The van der Waals surface area contributed by atoms with Crippen LogP contribution in [0.25, 0.3) is 0 Å². The third kappa shape index (κ3) is 4.11. The highest BCUT2D eigenvalue weighted by molar-refractivity contribution is 6.30.